The smallest absolute Gasteiger partial charge is 0.271 e. The number of nitrogens with zero attached hydrogens (tertiary/aromatic N) is 1. The maximum Gasteiger partial charge on any atom is 0.271 e. The van der Waals surface area contributed by atoms with Crippen LogP contribution in [0.15, 0.2) is 94.5 Å². The number of hydrogen-bond acceptors (Lipinski definition) is 5. The van der Waals surface area contributed by atoms with Crippen molar-refractivity contribution in [1.29, 1.82) is 0 Å². The first-order valence-electron chi connectivity index (χ1n) is 11.6. The maximum absolute atomic E-state index is 13.9. The lowest BCUT2D eigenvalue weighted by Crippen LogP contribution is -2.18. The van der Waals surface area contributed by atoms with E-state index in [9.17, 15) is 18.4 Å². The number of amides is 2. The summed E-state index contributed by atoms with van der Waals surface area (Å²) in [6.45, 7) is 0.0107. The Labute approximate surface area is 231 Å². The number of methoxy groups -OCH3 is 1. The summed E-state index contributed by atoms with van der Waals surface area (Å²) in [5, 5.41) is 6.57. The molecule has 4 rings (SSSR count). The summed E-state index contributed by atoms with van der Waals surface area (Å²) in [6.07, 6.45) is 1.43. The number of hydrazone groups is 1. The molecule has 0 aliphatic heterocycles. The van der Waals surface area contributed by atoms with Gasteiger partial charge in [-0.25, -0.2) is 14.2 Å². The van der Waals surface area contributed by atoms with Crippen LogP contribution in [0, 0.1) is 11.6 Å². The predicted molar refractivity (Wildman–Crippen MR) is 147 cm³/mol. The molecule has 0 aliphatic carbocycles. The number of halogens is 3. The van der Waals surface area contributed by atoms with Crippen molar-refractivity contribution in [3.8, 4) is 11.5 Å². The number of carbonyl (C=O) groups excluding carboxylic acids is 2. The normalized spacial score (nSPS) is 10.8. The van der Waals surface area contributed by atoms with Crippen LogP contribution < -0.4 is 20.2 Å². The van der Waals surface area contributed by atoms with Crippen LogP contribution in [-0.2, 0) is 6.61 Å². The van der Waals surface area contributed by atoms with Gasteiger partial charge in [0.15, 0.2) is 11.5 Å². The first kappa shape index (κ1) is 27.5. The number of anilines is 1. The lowest BCUT2D eigenvalue weighted by atomic mass is 10.1. The van der Waals surface area contributed by atoms with Gasteiger partial charge >= 0.3 is 0 Å². The van der Waals surface area contributed by atoms with Crippen molar-refractivity contribution in [3.05, 3.63) is 123 Å². The van der Waals surface area contributed by atoms with E-state index in [2.05, 4.69) is 31.8 Å². The number of nitrogens with one attached hydrogen (secondary N) is 2. The summed E-state index contributed by atoms with van der Waals surface area (Å²) in [4.78, 5) is 24.7. The van der Waals surface area contributed by atoms with Crippen molar-refractivity contribution in [2.24, 2.45) is 5.10 Å². The molecule has 0 heterocycles. The van der Waals surface area contributed by atoms with Crippen LogP contribution in [-0.4, -0.2) is 25.1 Å². The van der Waals surface area contributed by atoms with E-state index in [1.54, 1.807) is 36.4 Å². The Hall–Kier alpha value is -4.57. The second-order valence-electron chi connectivity index (χ2n) is 8.12. The third-order valence-electron chi connectivity index (χ3n) is 5.48. The zero-order valence-corrected chi connectivity index (χ0v) is 22.2. The SMILES string of the molecule is COc1cc(/C=N/NC(=O)c2ccc(NC(=O)c3ccccc3F)cc2)cc(Br)c1OCc1ccccc1F. The van der Waals surface area contributed by atoms with Crippen molar-refractivity contribution in [2.45, 2.75) is 6.61 Å². The number of ether oxygens (including phenoxy) is 2. The molecule has 2 N–H and O–H groups in total. The highest BCUT2D eigenvalue weighted by Crippen LogP contribution is 2.37. The summed E-state index contributed by atoms with van der Waals surface area (Å²) < 4.78 is 39.4. The molecule has 0 aromatic heterocycles. The molecule has 4 aromatic rings. The summed E-state index contributed by atoms with van der Waals surface area (Å²) in [6, 6.07) is 21.4. The number of carbonyl (C=O) groups is 2. The van der Waals surface area contributed by atoms with E-state index in [0.29, 0.717) is 38.3 Å². The van der Waals surface area contributed by atoms with Crippen molar-refractivity contribution in [2.75, 3.05) is 12.4 Å². The van der Waals surface area contributed by atoms with Gasteiger partial charge in [-0.1, -0.05) is 30.3 Å². The molecule has 0 radical (unpaired) electrons. The first-order chi connectivity index (χ1) is 18.9. The third kappa shape index (κ3) is 7.05. The van der Waals surface area contributed by atoms with E-state index in [4.69, 9.17) is 9.47 Å². The lowest BCUT2D eigenvalue weighted by Gasteiger charge is -2.14. The molecule has 39 heavy (non-hydrogen) atoms. The lowest BCUT2D eigenvalue weighted by molar-refractivity contribution is 0.0954. The zero-order chi connectivity index (χ0) is 27.8. The first-order valence-corrected chi connectivity index (χ1v) is 12.4. The predicted octanol–water partition coefficient (Wildman–Crippen LogP) is 6.33. The molecule has 198 valence electrons. The van der Waals surface area contributed by atoms with Gasteiger partial charge in [-0.15, -0.1) is 0 Å². The zero-order valence-electron chi connectivity index (χ0n) is 20.6. The average molecular weight is 594 g/mol. The Morgan fingerprint density at radius 2 is 1.62 bits per heavy atom. The van der Waals surface area contributed by atoms with Crippen molar-refractivity contribution < 1.29 is 27.8 Å². The molecule has 4 aromatic carbocycles. The van der Waals surface area contributed by atoms with E-state index < -0.39 is 17.6 Å². The molecule has 7 nitrogen and oxygen atoms in total. The fourth-order valence-corrected chi connectivity index (χ4v) is 4.07. The average Bonchev–Trinajstić information content (AvgIpc) is 2.93. The Kier molecular flexibility index (Phi) is 9.01. The Morgan fingerprint density at radius 1 is 0.923 bits per heavy atom. The molecular formula is C29H22BrF2N3O4. The molecule has 0 unspecified atom stereocenters. The van der Waals surface area contributed by atoms with Gasteiger partial charge in [0, 0.05) is 16.8 Å². The van der Waals surface area contributed by atoms with Gasteiger partial charge in [0.1, 0.15) is 18.2 Å². The van der Waals surface area contributed by atoms with Gasteiger partial charge < -0.3 is 14.8 Å². The summed E-state index contributed by atoms with van der Waals surface area (Å²) >= 11 is 3.43. The number of hydrogen-bond donors (Lipinski definition) is 2. The molecule has 2 amide bonds. The highest BCUT2D eigenvalue weighted by molar-refractivity contribution is 9.10. The largest absolute Gasteiger partial charge is 0.493 e. The van der Waals surface area contributed by atoms with E-state index in [1.807, 2.05) is 0 Å². The van der Waals surface area contributed by atoms with Crippen LogP contribution in [0.1, 0.15) is 31.8 Å². The van der Waals surface area contributed by atoms with Gasteiger partial charge in [0.05, 0.1) is 23.4 Å². The van der Waals surface area contributed by atoms with Gasteiger partial charge in [-0.2, -0.15) is 5.10 Å². The topological polar surface area (TPSA) is 89.0 Å². The molecular weight excluding hydrogens is 572 g/mol. The van der Waals surface area contributed by atoms with Crippen LogP contribution in [0.2, 0.25) is 0 Å². The summed E-state index contributed by atoms with van der Waals surface area (Å²) in [5.41, 5.74) is 4.05. The highest BCUT2D eigenvalue weighted by Gasteiger charge is 2.14. The quantitative estimate of drug-likeness (QED) is 0.175. The second kappa shape index (κ2) is 12.8. The minimum Gasteiger partial charge on any atom is -0.493 e. The minimum absolute atomic E-state index is 0.0107. The fourth-order valence-electron chi connectivity index (χ4n) is 3.50. The van der Waals surface area contributed by atoms with Crippen LogP contribution in [0.4, 0.5) is 14.5 Å². The summed E-state index contributed by atoms with van der Waals surface area (Å²) in [7, 11) is 1.48. The molecule has 0 fully saturated rings. The van der Waals surface area contributed by atoms with Gasteiger partial charge in [0.25, 0.3) is 11.8 Å². The number of rotatable bonds is 9. The Bertz CT molecular complexity index is 1530. The van der Waals surface area contributed by atoms with E-state index in [1.165, 1.54) is 61.9 Å². The van der Waals surface area contributed by atoms with Gasteiger partial charge in [-0.3, -0.25) is 9.59 Å². The Balaban J connectivity index is 1.36. The fraction of sp³-hybridized carbons (Fsp3) is 0.0690. The third-order valence-corrected chi connectivity index (χ3v) is 6.07. The van der Waals surface area contributed by atoms with Gasteiger partial charge in [0.2, 0.25) is 0 Å². The molecule has 0 saturated carbocycles. The molecule has 0 bridgehead atoms. The van der Waals surface area contributed by atoms with E-state index in [0.717, 1.165) is 0 Å². The minimum atomic E-state index is -0.627. The van der Waals surface area contributed by atoms with Crippen molar-refractivity contribution in [1.82, 2.24) is 5.43 Å². The standard InChI is InChI=1S/C29H22BrF2N3O4/c1-38-26-15-18(14-23(30)27(26)39-17-20-6-2-4-8-24(20)31)16-33-35-28(36)19-10-12-21(13-11-19)34-29(37)22-7-3-5-9-25(22)32/h2-16H,17H2,1H3,(H,34,37)(H,35,36)/b33-16+. The summed E-state index contributed by atoms with van der Waals surface area (Å²) in [5.74, 6) is -1.29. The maximum atomic E-state index is 13.9. The molecule has 10 heteroatoms. The molecule has 0 atom stereocenters. The molecule has 0 spiro atoms. The molecule has 0 saturated heterocycles. The van der Waals surface area contributed by atoms with Crippen molar-refractivity contribution in [3.63, 3.8) is 0 Å². The highest BCUT2D eigenvalue weighted by atomic mass is 79.9. The van der Waals surface area contributed by atoms with E-state index in [-0.39, 0.29) is 18.0 Å². The van der Waals surface area contributed by atoms with Crippen molar-refractivity contribution >= 4 is 39.6 Å². The Morgan fingerprint density at radius 3 is 2.31 bits per heavy atom. The number of benzene rings is 4. The molecule has 0 aliphatic rings. The van der Waals surface area contributed by atoms with E-state index >= 15 is 0 Å². The second-order valence-corrected chi connectivity index (χ2v) is 8.98. The van der Waals surface area contributed by atoms with Crippen LogP contribution in [0.3, 0.4) is 0 Å². The van der Waals surface area contributed by atoms with Crippen LogP contribution in [0.5, 0.6) is 11.5 Å². The van der Waals surface area contributed by atoms with Crippen LogP contribution >= 0.6 is 15.9 Å². The monoisotopic (exact) mass is 593 g/mol. The van der Waals surface area contributed by atoms with Crippen LogP contribution in [0.25, 0.3) is 0 Å². The van der Waals surface area contributed by atoms with Gasteiger partial charge in [-0.05, 0) is 76.1 Å².